The monoisotopic (exact) mass is 546 g/mol. The van der Waals surface area contributed by atoms with Crippen LogP contribution in [-0.4, -0.2) is 29.3 Å². The van der Waals surface area contributed by atoms with Crippen molar-refractivity contribution in [2.75, 3.05) is 6.54 Å². The van der Waals surface area contributed by atoms with Gasteiger partial charge in [0, 0.05) is 41.5 Å². The van der Waals surface area contributed by atoms with Crippen molar-refractivity contribution in [1.82, 2.24) is 10.2 Å². The molecular formula is C32H32Cl2N2O2. The average molecular weight is 548 g/mol. The summed E-state index contributed by atoms with van der Waals surface area (Å²) in [4.78, 5) is 29.1. The Kier molecular flexibility index (Phi) is 9.80. The second kappa shape index (κ2) is 13.5. The molecule has 0 saturated heterocycles. The van der Waals surface area contributed by atoms with Gasteiger partial charge in [0.2, 0.25) is 11.8 Å². The first kappa shape index (κ1) is 27.7. The number of amides is 2. The molecule has 0 aromatic heterocycles. The highest BCUT2D eigenvalue weighted by molar-refractivity contribution is 6.36. The van der Waals surface area contributed by atoms with Gasteiger partial charge in [0.05, 0.1) is 0 Å². The fourth-order valence-corrected chi connectivity index (χ4v) is 5.19. The summed E-state index contributed by atoms with van der Waals surface area (Å²) < 4.78 is 0. The Morgan fingerprint density at radius 3 is 2.24 bits per heavy atom. The minimum atomic E-state index is -0.712. The maximum absolute atomic E-state index is 13.9. The Labute approximate surface area is 234 Å². The Morgan fingerprint density at radius 1 is 0.842 bits per heavy atom. The van der Waals surface area contributed by atoms with Crippen LogP contribution in [0.5, 0.6) is 0 Å². The fraction of sp³-hybridized carbons (Fsp3) is 0.250. The first-order valence-corrected chi connectivity index (χ1v) is 13.7. The predicted molar refractivity (Wildman–Crippen MR) is 157 cm³/mol. The van der Waals surface area contributed by atoms with Gasteiger partial charge in [-0.05, 0) is 46.9 Å². The van der Waals surface area contributed by atoms with Crippen LogP contribution in [0.4, 0.5) is 0 Å². The van der Waals surface area contributed by atoms with Crippen LogP contribution in [0.1, 0.15) is 36.5 Å². The molecular weight excluding hydrogens is 515 g/mol. The van der Waals surface area contributed by atoms with Gasteiger partial charge in [-0.25, -0.2) is 0 Å². The normalized spacial score (nSPS) is 11.8. The van der Waals surface area contributed by atoms with Crippen molar-refractivity contribution in [3.05, 3.63) is 118 Å². The van der Waals surface area contributed by atoms with Crippen LogP contribution < -0.4 is 5.32 Å². The number of halogens is 2. The van der Waals surface area contributed by atoms with Crippen molar-refractivity contribution in [1.29, 1.82) is 0 Å². The van der Waals surface area contributed by atoms with Gasteiger partial charge in [-0.2, -0.15) is 0 Å². The zero-order valence-electron chi connectivity index (χ0n) is 21.5. The van der Waals surface area contributed by atoms with Crippen molar-refractivity contribution in [3.63, 3.8) is 0 Å². The lowest BCUT2D eigenvalue weighted by Gasteiger charge is -2.32. The summed E-state index contributed by atoms with van der Waals surface area (Å²) in [6.45, 7) is 2.68. The number of nitrogens with zero attached hydrogens (tertiary/aromatic N) is 1. The molecule has 0 aliphatic carbocycles. The Hall–Kier alpha value is -3.34. The molecule has 1 N–H and O–H groups in total. The Balaban J connectivity index is 1.67. The van der Waals surface area contributed by atoms with E-state index in [0.717, 1.165) is 28.3 Å². The lowest BCUT2D eigenvalue weighted by Crippen LogP contribution is -2.50. The number of nitrogens with one attached hydrogen (secondary N) is 1. The van der Waals surface area contributed by atoms with E-state index in [0.29, 0.717) is 35.0 Å². The summed E-state index contributed by atoms with van der Waals surface area (Å²) in [5, 5.41) is 6.21. The third kappa shape index (κ3) is 6.94. The van der Waals surface area contributed by atoms with E-state index in [1.165, 1.54) is 0 Å². The minimum Gasteiger partial charge on any atom is -0.354 e. The van der Waals surface area contributed by atoms with Gasteiger partial charge in [-0.15, -0.1) is 0 Å². The van der Waals surface area contributed by atoms with Gasteiger partial charge in [0.25, 0.3) is 0 Å². The first-order chi connectivity index (χ1) is 18.5. The molecule has 0 unspecified atom stereocenters. The number of hydrogen-bond donors (Lipinski definition) is 1. The molecule has 0 saturated carbocycles. The smallest absolute Gasteiger partial charge is 0.243 e. The summed E-state index contributed by atoms with van der Waals surface area (Å²) in [7, 11) is 0. The molecule has 1 atom stereocenters. The van der Waals surface area contributed by atoms with Crippen LogP contribution in [0.3, 0.4) is 0 Å². The first-order valence-electron chi connectivity index (χ1n) is 13.0. The topological polar surface area (TPSA) is 49.4 Å². The predicted octanol–water partition coefficient (Wildman–Crippen LogP) is 7.25. The summed E-state index contributed by atoms with van der Waals surface area (Å²) in [5.74, 6) is -0.307. The molecule has 0 heterocycles. The van der Waals surface area contributed by atoms with Gasteiger partial charge in [0.15, 0.2) is 0 Å². The number of hydrogen-bond acceptors (Lipinski definition) is 2. The molecule has 4 rings (SSSR count). The van der Waals surface area contributed by atoms with Gasteiger partial charge in [-0.3, -0.25) is 9.59 Å². The van der Waals surface area contributed by atoms with Crippen LogP contribution >= 0.6 is 23.2 Å². The van der Waals surface area contributed by atoms with Gasteiger partial charge in [0.1, 0.15) is 6.04 Å². The molecule has 0 fully saturated rings. The van der Waals surface area contributed by atoms with Crippen molar-refractivity contribution in [2.45, 2.75) is 45.2 Å². The van der Waals surface area contributed by atoms with Crippen molar-refractivity contribution >= 4 is 45.8 Å². The lowest BCUT2D eigenvalue weighted by atomic mass is 9.99. The maximum atomic E-state index is 13.9. The standard InChI is InChI=1S/C32H32Cl2N2O2/c1-2-20-35-32(38)30(21-23-10-4-3-5-11-23)36(22-27-28(33)16-9-17-29(27)34)31(37)19-18-25-14-8-13-24-12-6-7-15-26(24)25/h3-17,30H,2,18-22H2,1H3,(H,35,38)/t30-/m0/s1. The second-order valence-corrected chi connectivity index (χ2v) is 10.2. The van der Waals surface area contributed by atoms with Crippen molar-refractivity contribution in [3.8, 4) is 0 Å². The second-order valence-electron chi connectivity index (χ2n) is 9.36. The number of carbonyl (C=O) groups excluding carboxylic acids is 2. The molecule has 196 valence electrons. The van der Waals surface area contributed by atoms with E-state index in [-0.39, 0.29) is 24.8 Å². The molecule has 0 spiro atoms. The maximum Gasteiger partial charge on any atom is 0.243 e. The van der Waals surface area contributed by atoms with Gasteiger partial charge >= 0.3 is 0 Å². The molecule has 6 heteroatoms. The van der Waals surface area contributed by atoms with E-state index in [9.17, 15) is 9.59 Å². The largest absolute Gasteiger partial charge is 0.354 e. The minimum absolute atomic E-state index is 0.124. The van der Waals surface area contributed by atoms with Gasteiger partial charge in [-0.1, -0.05) is 109 Å². The van der Waals surface area contributed by atoms with Crippen molar-refractivity contribution < 1.29 is 9.59 Å². The quantitative estimate of drug-likeness (QED) is 0.215. The van der Waals surface area contributed by atoms with Crippen LogP contribution in [0.2, 0.25) is 10.0 Å². The van der Waals surface area contributed by atoms with E-state index in [1.54, 1.807) is 23.1 Å². The number of fused-ring (bicyclic) bond motifs is 1. The fourth-order valence-electron chi connectivity index (χ4n) is 4.67. The Morgan fingerprint density at radius 2 is 1.50 bits per heavy atom. The van der Waals surface area contributed by atoms with Crippen LogP contribution in [0.15, 0.2) is 91.0 Å². The summed E-state index contributed by atoms with van der Waals surface area (Å²) in [5.41, 5.74) is 2.71. The lowest BCUT2D eigenvalue weighted by molar-refractivity contribution is -0.141. The molecule has 0 radical (unpaired) electrons. The van der Waals surface area contributed by atoms with Crippen molar-refractivity contribution in [2.24, 2.45) is 0 Å². The third-order valence-electron chi connectivity index (χ3n) is 6.70. The van der Waals surface area contributed by atoms with Gasteiger partial charge < -0.3 is 10.2 Å². The molecule has 0 bridgehead atoms. The summed E-state index contributed by atoms with van der Waals surface area (Å²) in [6, 6.07) is 28.6. The average Bonchev–Trinajstić information content (AvgIpc) is 2.94. The zero-order chi connectivity index (χ0) is 26.9. The highest BCUT2D eigenvalue weighted by Crippen LogP contribution is 2.28. The van der Waals surface area contributed by atoms with E-state index in [2.05, 4.69) is 29.6 Å². The van der Waals surface area contributed by atoms with E-state index in [1.807, 2.05) is 55.5 Å². The van der Waals surface area contributed by atoms with E-state index < -0.39 is 6.04 Å². The Bertz CT molecular complexity index is 1370. The van der Waals surface area contributed by atoms with Crippen LogP contribution in [-0.2, 0) is 29.0 Å². The SMILES string of the molecule is CCCNC(=O)[C@H](Cc1ccccc1)N(Cc1c(Cl)cccc1Cl)C(=O)CCc1cccc2ccccc12. The van der Waals surface area contributed by atoms with E-state index >= 15 is 0 Å². The summed E-state index contributed by atoms with van der Waals surface area (Å²) >= 11 is 13.0. The number of rotatable bonds is 11. The molecule has 0 aliphatic rings. The third-order valence-corrected chi connectivity index (χ3v) is 7.41. The summed E-state index contributed by atoms with van der Waals surface area (Å²) in [6.07, 6.45) is 2.00. The molecule has 38 heavy (non-hydrogen) atoms. The van der Waals surface area contributed by atoms with E-state index in [4.69, 9.17) is 23.2 Å². The molecule has 4 nitrogen and oxygen atoms in total. The molecule has 0 aliphatic heterocycles. The highest BCUT2D eigenvalue weighted by atomic mass is 35.5. The zero-order valence-corrected chi connectivity index (χ0v) is 23.0. The molecule has 4 aromatic rings. The number of benzene rings is 4. The van der Waals surface area contributed by atoms with Crippen LogP contribution in [0, 0.1) is 0 Å². The number of carbonyl (C=O) groups is 2. The molecule has 4 aromatic carbocycles. The number of aryl methyl sites for hydroxylation is 1. The highest BCUT2D eigenvalue weighted by Gasteiger charge is 2.31. The van der Waals surface area contributed by atoms with Crippen LogP contribution in [0.25, 0.3) is 10.8 Å². The molecule has 2 amide bonds.